The number of furan rings is 1. The highest BCUT2D eigenvalue weighted by molar-refractivity contribution is 7.07. The number of methoxy groups -OCH3 is 2. The number of hydrogen-bond acceptors (Lipinski definition) is 8. The maximum Gasteiger partial charge on any atom is 0.338 e. The molecule has 0 saturated heterocycles. The molecule has 1 aliphatic rings. The Morgan fingerprint density at radius 1 is 1.13 bits per heavy atom. The molecule has 39 heavy (non-hydrogen) atoms. The largest absolute Gasteiger partial charge is 0.497 e. The van der Waals surface area contributed by atoms with E-state index in [1.807, 2.05) is 18.2 Å². The number of thiazole rings is 1. The molecule has 0 bridgehead atoms. The van der Waals surface area contributed by atoms with Crippen LogP contribution in [0.25, 0.3) is 17.4 Å². The van der Waals surface area contributed by atoms with Crippen molar-refractivity contribution in [1.29, 1.82) is 0 Å². The van der Waals surface area contributed by atoms with Crippen molar-refractivity contribution in [3.05, 3.63) is 102 Å². The first-order chi connectivity index (χ1) is 18.8. The van der Waals surface area contributed by atoms with E-state index >= 15 is 0 Å². The van der Waals surface area contributed by atoms with Gasteiger partial charge in [-0.2, -0.15) is 0 Å². The lowest BCUT2D eigenvalue weighted by Gasteiger charge is -2.26. The van der Waals surface area contributed by atoms with Crippen molar-refractivity contribution in [2.45, 2.75) is 19.9 Å². The fourth-order valence-electron chi connectivity index (χ4n) is 4.46. The standard InChI is InChI=1S/C29H25ClN2O6S/c1-5-37-28(34)25-16(2)31-29-32(26(25)21-12-10-19(35-3)14-23(21)36-4)27(33)24(39-29)15-20-11-13-22(38-20)17-6-8-18(30)9-7-17/h6-15,26H,5H2,1-4H3/b24-15-. The molecule has 1 unspecified atom stereocenters. The zero-order valence-electron chi connectivity index (χ0n) is 21.7. The van der Waals surface area contributed by atoms with Gasteiger partial charge in [-0.3, -0.25) is 9.36 Å². The van der Waals surface area contributed by atoms with Crippen LogP contribution in [-0.4, -0.2) is 31.4 Å². The number of esters is 1. The first-order valence-electron chi connectivity index (χ1n) is 12.1. The van der Waals surface area contributed by atoms with Gasteiger partial charge in [0, 0.05) is 28.3 Å². The summed E-state index contributed by atoms with van der Waals surface area (Å²) in [5, 5.41) is 0.632. The summed E-state index contributed by atoms with van der Waals surface area (Å²) in [4.78, 5) is 32.1. The van der Waals surface area contributed by atoms with Crippen molar-refractivity contribution in [3.8, 4) is 22.8 Å². The third kappa shape index (κ3) is 5.03. The number of nitrogens with zero attached hydrogens (tertiary/aromatic N) is 2. The molecule has 0 N–H and O–H groups in total. The van der Waals surface area contributed by atoms with Gasteiger partial charge in [-0.25, -0.2) is 9.79 Å². The van der Waals surface area contributed by atoms with Gasteiger partial charge in [0.05, 0.1) is 36.6 Å². The smallest absolute Gasteiger partial charge is 0.338 e. The van der Waals surface area contributed by atoms with E-state index in [-0.39, 0.29) is 17.7 Å². The SMILES string of the molecule is CCOC(=O)C1=C(C)N=c2s/c(=C\c3ccc(-c4ccc(Cl)cc4)o3)c(=O)n2C1c1ccc(OC)cc1OC. The van der Waals surface area contributed by atoms with E-state index in [4.69, 9.17) is 30.2 Å². The van der Waals surface area contributed by atoms with Crippen LogP contribution in [0, 0.1) is 0 Å². The molecule has 200 valence electrons. The van der Waals surface area contributed by atoms with Crippen LogP contribution in [0.3, 0.4) is 0 Å². The summed E-state index contributed by atoms with van der Waals surface area (Å²) in [6.07, 6.45) is 1.68. The minimum absolute atomic E-state index is 0.181. The molecule has 2 aromatic heterocycles. The summed E-state index contributed by atoms with van der Waals surface area (Å²) in [6.45, 7) is 3.64. The molecule has 4 aromatic rings. The molecule has 2 aromatic carbocycles. The summed E-state index contributed by atoms with van der Waals surface area (Å²) in [5.41, 5.74) is 1.88. The number of halogens is 1. The maximum atomic E-state index is 13.9. The van der Waals surface area contributed by atoms with Gasteiger partial charge in [-0.05, 0) is 62.4 Å². The molecule has 0 saturated carbocycles. The Morgan fingerprint density at radius 3 is 2.59 bits per heavy atom. The van der Waals surface area contributed by atoms with Crippen LogP contribution in [0.1, 0.15) is 31.2 Å². The van der Waals surface area contributed by atoms with Crippen LogP contribution in [0.4, 0.5) is 0 Å². The lowest BCUT2D eigenvalue weighted by Crippen LogP contribution is -2.40. The number of rotatable bonds is 7. The van der Waals surface area contributed by atoms with E-state index in [1.165, 1.54) is 23.0 Å². The number of hydrogen-bond donors (Lipinski definition) is 0. The molecule has 0 spiro atoms. The Kier molecular flexibility index (Phi) is 7.45. The molecular formula is C29H25ClN2O6S. The monoisotopic (exact) mass is 564 g/mol. The van der Waals surface area contributed by atoms with Crippen molar-refractivity contribution in [3.63, 3.8) is 0 Å². The lowest BCUT2D eigenvalue weighted by molar-refractivity contribution is -0.139. The van der Waals surface area contributed by atoms with Gasteiger partial charge in [0.1, 0.15) is 29.1 Å². The van der Waals surface area contributed by atoms with Gasteiger partial charge >= 0.3 is 5.97 Å². The molecule has 5 rings (SSSR count). The molecule has 1 atom stereocenters. The summed E-state index contributed by atoms with van der Waals surface area (Å²) >= 11 is 7.21. The number of carbonyl (C=O) groups is 1. The van der Waals surface area contributed by atoms with E-state index in [0.717, 1.165) is 5.56 Å². The van der Waals surface area contributed by atoms with Gasteiger partial charge in [-0.15, -0.1) is 0 Å². The first-order valence-corrected chi connectivity index (χ1v) is 13.3. The second-order valence-corrected chi connectivity index (χ2v) is 10.1. The second-order valence-electron chi connectivity index (χ2n) is 8.62. The molecule has 1 aliphatic heterocycles. The second kappa shape index (κ2) is 11.0. The number of carbonyl (C=O) groups excluding carboxylic acids is 1. The Balaban J connectivity index is 1.67. The zero-order valence-corrected chi connectivity index (χ0v) is 23.3. The van der Waals surface area contributed by atoms with Crippen molar-refractivity contribution in [1.82, 2.24) is 4.57 Å². The van der Waals surface area contributed by atoms with E-state index in [2.05, 4.69) is 4.99 Å². The minimum Gasteiger partial charge on any atom is -0.497 e. The predicted molar refractivity (Wildman–Crippen MR) is 149 cm³/mol. The number of ether oxygens (including phenoxy) is 3. The fraction of sp³-hybridized carbons (Fsp3) is 0.207. The highest BCUT2D eigenvalue weighted by atomic mass is 35.5. The maximum absolute atomic E-state index is 13.9. The molecule has 3 heterocycles. The Hall–Kier alpha value is -4.08. The molecule has 0 amide bonds. The summed E-state index contributed by atoms with van der Waals surface area (Å²) in [6, 6.07) is 15.4. The van der Waals surface area contributed by atoms with E-state index in [1.54, 1.807) is 63.4 Å². The first kappa shape index (κ1) is 26.5. The van der Waals surface area contributed by atoms with Gasteiger partial charge in [0.25, 0.3) is 5.56 Å². The average molecular weight is 565 g/mol. The topological polar surface area (TPSA) is 92.3 Å². The van der Waals surface area contributed by atoms with Crippen molar-refractivity contribution in [2.75, 3.05) is 20.8 Å². The summed E-state index contributed by atoms with van der Waals surface area (Å²) in [7, 11) is 3.08. The quantitative estimate of drug-likeness (QED) is 0.301. The van der Waals surface area contributed by atoms with Gasteiger partial charge in [0.2, 0.25) is 0 Å². The number of benzene rings is 2. The third-order valence-electron chi connectivity index (χ3n) is 6.28. The molecule has 0 fully saturated rings. The normalized spacial score (nSPS) is 15.1. The zero-order chi connectivity index (χ0) is 27.7. The molecular weight excluding hydrogens is 540 g/mol. The van der Waals surface area contributed by atoms with Gasteiger partial charge in [0.15, 0.2) is 4.80 Å². The van der Waals surface area contributed by atoms with E-state index in [9.17, 15) is 9.59 Å². The Morgan fingerprint density at radius 2 is 1.90 bits per heavy atom. The number of fused-ring (bicyclic) bond motifs is 1. The lowest BCUT2D eigenvalue weighted by atomic mass is 9.95. The average Bonchev–Trinajstić information content (AvgIpc) is 3.52. The number of allylic oxidation sites excluding steroid dienone is 1. The molecule has 0 aliphatic carbocycles. The van der Waals surface area contributed by atoms with Crippen molar-refractivity contribution in [2.24, 2.45) is 4.99 Å². The fourth-order valence-corrected chi connectivity index (χ4v) is 5.61. The number of aromatic nitrogens is 1. The van der Waals surface area contributed by atoms with E-state index in [0.29, 0.717) is 48.6 Å². The van der Waals surface area contributed by atoms with Crippen LogP contribution >= 0.6 is 22.9 Å². The van der Waals surface area contributed by atoms with Crippen molar-refractivity contribution >= 4 is 35.0 Å². The predicted octanol–water partition coefficient (Wildman–Crippen LogP) is 4.73. The third-order valence-corrected chi connectivity index (χ3v) is 7.52. The summed E-state index contributed by atoms with van der Waals surface area (Å²) < 4.78 is 24.3. The minimum atomic E-state index is -0.815. The van der Waals surface area contributed by atoms with Crippen LogP contribution in [0.5, 0.6) is 11.5 Å². The Bertz CT molecular complexity index is 1760. The molecule has 0 radical (unpaired) electrons. The summed E-state index contributed by atoms with van der Waals surface area (Å²) in [5.74, 6) is 1.64. The van der Waals surface area contributed by atoms with Crippen molar-refractivity contribution < 1.29 is 23.4 Å². The van der Waals surface area contributed by atoms with Gasteiger partial charge < -0.3 is 18.6 Å². The molecule has 10 heteroatoms. The highest BCUT2D eigenvalue weighted by Gasteiger charge is 2.35. The Labute approximate surface area is 233 Å². The van der Waals surface area contributed by atoms with Crippen LogP contribution < -0.4 is 24.4 Å². The highest BCUT2D eigenvalue weighted by Crippen LogP contribution is 2.37. The van der Waals surface area contributed by atoms with Crippen LogP contribution in [-0.2, 0) is 9.53 Å². The van der Waals surface area contributed by atoms with Crippen LogP contribution in [0.2, 0.25) is 5.02 Å². The molecule has 8 nitrogen and oxygen atoms in total. The van der Waals surface area contributed by atoms with Gasteiger partial charge in [-0.1, -0.05) is 22.9 Å². The van der Waals surface area contributed by atoms with Crippen LogP contribution in [0.15, 0.2) is 80.1 Å². The van der Waals surface area contributed by atoms with E-state index < -0.39 is 12.0 Å².